The summed E-state index contributed by atoms with van der Waals surface area (Å²) in [6.07, 6.45) is 9.95. The molecule has 0 radical (unpaired) electrons. The molecule has 2 fully saturated rings. The van der Waals surface area contributed by atoms with Gasteiger partial charge in [0.2, 0.25) is 5.91 Å². The number of carboxylic acid groups (broad SMARTS) is 1. The number of carbonyl (C=O) groups excluding carboxylic acids is 2. The Morgan fingerprint density at radius 3 is 2.58 bits per heavy atom. The molecule has 1 aliphatic heterocycles. The van der Waals surface area contributed by atoms with Crippen LogP contribution >= 0.6 is 22.6 Å². The smallest absolute Gasteiger partial charge is 0.353 e. The van der Waals surface area contributed by atoms with Crippen molar-refractivity contribution in [2.75, 3.05) is 18.4 Å². The third kappa shape index (κ3) is 5.50. The van der Waals surface area contributed by atoms with Crippen molar-refractivity contribution in [3.8, 4) is 11.4 Å². The summed E-state index contributed by atoms with van der Waals surface area (Å²) in [6, 6.07) is 13.0. The van der Waals surface area contributed by atoms with Crippen molar-refractivity contribution in [3.63, 3.8) is 0 Å². The molecule has 232 valence electrons. The summed E-state index contributed by atoms with van der Waals surface area (Å²) >= 11 is 1.99. The highest BCUT2D eigenvalue weighted by atomic mass is 127. The van der Waals surface area contributed by atoms with Gasteiger partial charge in [0.05, 0.1) is 26.4 Å². The van der Waals surface area contributed by atoms with Crippen LogP contribution in [0, 0.1) is 3.57 Å². The minimum Gasteiger partial charge on any atom is -0.477 e. The molecule has 1 saturated heterocycles. The first kappa shape index (κ1) is 29.5. The number of amides is 2. The quantitative estimate of drug-likeness (QED) is 0.128. The van der Waals surface area contributed by atoms with Gasteiger partial charge in [-0.05, 0) is 104 Å². The number of nitrogens with one attached hydrogen (secondary N) is 4. The second-order valence-electron chi connectivity index (χ2n) is 11.9. The van der Waals surface area contributed by atoms with Crippen molar-refractivity contribution in [1.82, 2.24) is 25.2 Å². The Kier molecular flexibility index (Phi) is 7.86. The van der Waals surface area contributed by atoms with Gasteiger partial charge in [0, 0.05) is 28.2 Å². The van der Waals surface area contributed by atoms with Crippen molar-refractivity contribution < 1.29 is 23.9 Å². The Morgan fingerprint density at radius 1 is 1.04 bits per heavy atom. The summed E-state index contributed by atoms with van der Waals surface area (Å²) in [5.41, 5.74) is 3.20. The number of halogens is 1. The van der Waals surface area contributed by atoms with E-state index >= 15 is 0 Å². The number of aromatic amines is 1. The first-order valence-electron chi connectivity index (χ1n) is 15.3. The van der Waals surface area contributed by atoms with Crippen LogP contribution in [0.4, 0.5) is 5.69 Å². The van der Waals surface area contributed by atoms with Crippen molar-refractivity contribution in [1.29, 1.82) is 0 Å². The number of piperidine rings is 1. The zero-order chi connectivity index (χ0) is 31.1. The normalized spacial score (nSPS) is 17.0. The molecule has 0 unspecified atom stereocenters. The molecule has 2 aliphatic rings. The summed E-state index contributed by atoms with van der Waals surface area (Å²) in [5, 5.41) is 19.5. The Hall–Kier alpha value is -4.17. The minimum atomic E-state index is -1.13. The molecule has 0 bridgehead atoms. The summed E-state index contributed by atoms with van der Waals surface area (Å²) in [4.78, 5) is 47.1. The number of fused-ring (bicyclic) bond motifs is 2. The summed E-state index contributed by atoms with van der Waals surface area (Å²) in [5.74, 6) is -0.866. The second-order valence-corrected chi connectivity index (χ2v) is 13.0. The number of H-pyrrole nitrogens is 1. The maximum atomic E-state index is 13.9. The fourth-order valence-electron chi connectivity index (χ4n) is 6.73. The lowest BCUT2D eigenvalue weighted by molar-refractivity contribution is -0.123. The van der Waals surface area contributed by atoms with E-state index in [1.165, 1.54) is 19.3 Å². The average molecular weight is 721 g/mol. The Morgan fingerprint density at radius 2 is 1.84 bits per heavy atom. The molecule has 1 aliphatic carbocycles. The first-order chi connectivity index (χ1) is 21.8. The molecule has 5 aromatic rings. The SMILES string of the molecule is O=C(NC1(C(=O)Nc2ccc3[nH]c(C(=O)O)c(I)c3c2)CCNCC1)c1ccc2c(c1)nc(-c1ccoc1)n2C1CCCCC1. The van der Waals surface area contributed by atoms with E-state index in [0.29, 0.717) is 57.7 Å². The van der Waals surface area contributed by atoms with Gasteiger partial charge in [-0.1, -0.05) is 19.3 Å². The topological polar surface area (TPSA) is 154 Å². The number of nitrogens with zero attached hydrogens (tertiary/aromatic N) is 2. The van der Waals surface area contributed by atoms with Gasteiger partial charge < -0.3 is 35.0 Å². The van der Waals surface area contributed by atoms with Crippen LogP contribution in [-0.4, -0.2) is 56.1 Å². The Labute approximate surface area is 272 Å². The minimum absolute atomic E-state index is 0.105. The predicted molar refractivity (Wildman–Crippen MR) is 178 cm³/mol. The molecule has 45 heavy (non-hydrogen) atoms. The highest BCUT2D eigenvalue weighted by Gasteiger charge is 2.41. The monoisotopic (exact) mass is 720 g/mol. The molecule has 0 spiro atoms. The molecule has 0 atom stereocenters. The zero-order valence-electron chi connectivity index (χ0n) is 24.5. The fraction of sp³-hybridized carbons (Fsp3) is 0.333. The van der Waals surface area contributed by atoms with Crippen molar-refractivity contribution in [2.24, 2.45) is 0 Å². The van der Waals surface area contributed by atoms with Gasteiger partial charge in [-0.2, -0.15) is 0 Å². The number of imidazole rings is 1. The highest BCUT2D eigenvalue weighted by molar-refractivity contribution is 14.1. The number of hydrogen-bond acceptors (Lipinski definition) is 6. The highest BCUT2D eigenvalue weighted by Crippen LogP contribution is 2.36. The average Bonchev–Trinajstić information content (AvgIpc) is 3.79. The maximum Gasteiger partial charge on any atom is 0.353 e. The number of carboxylic acids is 1. The molecule has 2 amide bonds. The number of carbonyl (C=O) groups is 3. The molecule has 2 aromatic carbocycles. The third-order valence-electron chi connectivity index (χ3n) is 9.12. The standard InChI is InChI=1S/C33H33IN6O5/c34-27-23-17-21(7-8-24(23)37-28(27)31(42)43)36-32(44)33(11-13-35-14-12-33)39-30(41)19-6-9-26-25(16-19)38-29(20-10-15-45-18-20)40(26)22-4-2-1-3-5-22/h6-10,15-18,22,35,37H,1-5,11-14H2,(H,36,44)(H,39,41)(H,42,43). The van der Waals surface area contributed by atoms with E-state index in [2.05, 4.69) is 25.5 Å². The van der Waals surface area contributed by atoms with Crippen LogP contribution in [0.5, 0.6) is 0 Å². The maximum absolute atomic E-state index is 13.9. The van der Waals surface area contributed by atoms with Gasteiger partial charge in [-0.15, -0.1) is 0 Å². The van der Waals surface area contributed by atoms with Crippen LogP contribution in [0.25, 0.3) is 33.3 Å². The van der Waals surface area contributed by atoms with Crippen molar-refractivity contribution >= 4 is 68.0 Å². The Balaban J connectivity index is 1.17. The first-order valence-corrected chi connectivity index (χ1v) is 16.3. The summed E-state index contributed by atoms with van der Waals surface area (Å²) < 4.78 is 8.24. The predicted octanol–water partition coefficient (Wildman–Crippen LogP) is 6.08. The lowest BCUT2D eigenvalue weighted by atomic mass is 9.86. The molecular weight excluding hydrogens is 687 g/mol. The van der Waals surface area contributed by atoms with Gasteiger partial charge in [0.15, 0.2) is 0 Å². The van der Waals surface area contributed by atoms with Gasteiger partial charge >= 0.3 is 5.97 Å². The number of hydrogen-bond donors (Lipinski definition) is 5. The molecule has 12 heteroatoms. The number of anilines is 1. The molecular formula is C33H33IN6O5. The molecule has 4 heterocycles. The van der Waals surface area contributed by atoms with E-state index in [9.17, 15) is 19.5 Å². The largest absolute Gasteiger partial charge is 0.477 e. The van der Waals surface area contributed by atoms with Crippen LogP contribution in [0.2, 0.25) is 0 Å². The van der Waals surface area contributed by atoms with E-state index < -0.39 is 11.5 Å². The van der Waals surface area contributed by atoms with E-state index in [0.717, 1.165) is 35.3 Å². The lowest BCUT2D eigenvalue weighted by Crippen LogP contribution is -2.61. The van der Waals surface area contributed by atoms with Gasteiger partial charge in [-0.3, -0.25) is 9.59 Å². The molecule has 7 rings (SSSR count). The number of aromatic carboxylic acids is 1. The van der Waals surface area contributed by atoms with Gasteiger partial charge in [0.25, 0.3) is 5.91 Å². The van der Waals surface area contributed by atoms with E-state index in [-0.39, 0.29) is 17.5 Å². The van der Waals surface area contributed by atoms with Crippen LogP contribution in [0.15, 0.2) is 59.4 Å². The number of rotatable bonds is 7. The lowest BCUT2D eigenvalue weighted by Gasteiger charge is -2.37. The summed E-state index contributed by atoms with van der Waals surface area (Å²) in [6.45, 7) is 1.15. The van der Waals surface area contributed by atoms with Crippen LogP contribution in [0.3, 0.4) is 0 Å². The zero-order valence-corrected chi connectivity index (χ0v) is 26.6. The van der Waals surface area contributed by atoms with Gasteiger partial charge in [0.1, 0.15) is 23.3 Å². The molecule has 11 nitrogen and oxygen atoms in total. The van der Waals surface area contributed by atoms with Crippen molar-refractivity contribution in [2.45, 2.75) is 56.5 Å². The van der Waals surface area contributed by atoms with E-state index in [1.54, 1.807) is 30.7 Å². The third-order valence-corrected chi connectivity index (χ3v) is 10.2. The van der Waals surface area contributed by atoms with E-state index in [4.69, 9.17) is 9.40 Å². The van der Waals surface area contributed by atoms with Gasteiger partial charge in [-0.25, -0.2) is 9.78 Å². The molecule has 3 aromatic heterocycles. The van der Waals surface area contributed by atoms with Crippen LogP contribution < -0.4 is 16.0 Å². The number of furan rings is 1. The molecule has 5 N–H and O–H groups in total. The molecule has 1 saturated carbocycles. The number of aromatic nitrogens is 3. The Bertz CT molecular complexity index is 1910. The summed E-state index contributed by atoms with van der Waals surface area (Å²) in [7, 11) is 0. The van der Waals surface area contributed by atoms with Crippen molar-refractivity contribution in [3.05, 3.63) is 69.8 Å². The number of benzene rings is 2. The van der Waals surface area contributed by atoms with Crippen LogP contribution in [0.1, 0.15) is 71.8 Å². The second kappa shape index (κ2) is 12.0. The van der Waals surface area contributed by atoms with Crippen LogP contribution in [-0.2, 0) is 4.79 Å². The van der Waals surface area contributed by atoms with E-state index in [1.807, 2.05) is 46.9 Å². The fourth-order valence-corrected chi connectivity index (χ4v) is 7.54.